The smallest absolute Gasteiger partial charge is 0.253 e. The molecular weight excluding hydrogens is 340 g/mol. The molecule has 1 N–H and O–H groups in total. The molecule has 25 heavy (non-hydrogen) atoms. The summed E-state index contributed by atoms with van der Waals surface area (Å²) >= 11 is 0. The highest BCUT2D eigenvalue weighted by Crippen LogP contribution is 2.11. The summed E-state index contributed by atoms with van der Waals surface area (Å²) in [4.78, 5) is 25.2. The molecule has 0 saturated heterocycles. The summed E-state index contributed by atoms with van der Waals surface area (Å²) in [5, 5.41) is 2.55. The summed E-state index contributed by atoms with van der Waals surface area (Å²) in [5.74, 6) is -1.59. The monoisotopic (exact) mass is 360 g/mol. The Morgan fingerprint density at radius 3 is 2.12 bits per heavy atom. The molecule has 0 atom stereocenters. The zero-order valence-corrected chi connectivity index (χ0v) is 14.9. The lowest BCUT2D eigenvalue weighted by atomic mass is 10.1. The minimum atomic E-state index is -3.61. The number of carbonyl (C=O) groups excluding carboxylic acids is 2. The fourth-order valence-corrected chi connectivity index (χ4v) is 3.50. The summed E-state index contributed by atoms with van der Waals surface area (Å²) < 4.78 is 24.4. The average molecular weight is 360 g/mol. The van der Waals surface area contributed by atoms with Gasteiger partial charge in [0.25, 0.3) is 5.91 Å². The molecule has 0 radical (unpaired) electrons. The van der Waals surface area contributed by atoms with E-state index in [4.69, 9.17) is 0 Å². The predicted molar refractivity (Wildman–Crippen MR) is 97.0 cm³/mol. The number of anilines is 1. The van der Waals surface area contributed by atoms with E-state index in [9.17, 15) is 18.0 Å². The first-order valence-electron chi connectivity index (χ1n) is 7.63. The minimum Gasteiger partial charge on any atom is -0.345 e. The van der Waals surface area contributed by atoms with Crippen molar-refractivity contribution in [1.29, 1.82) is 0 Å². The van der Waals surface area contributed by atoms with Crippen LogP contribution in [0.3, 0.4) is 0 Å². The average Bonchev–Trinajstić information content (AvgIpc) is 2.54. The fourth-order valence-electron chi connectivity index (χ4n) is 2.23. The second kappa shape index (κ2) is 7.94. The van der Waals surface area contributed by atoms with Crippen molar-refractivity contribution < 1.29 is 18.0 Å². The van der Waals surface area contributed by atoms with E-state index in [2.05, 4.69) is 5.32 Å². The molecular formula is C18H20N2O4S. The zero-order chi connectivity index (χ0) is 18.4. The molecule has 2 amide bonds. The molecule has 0 aromatic heterocycles. The number of para-hydroxylation sites is 1. The molecule has 0 heterocycles. The number of carbonyl (C=O) groups is 2. The van der Waals surface area contributed by atoms with Crippen LogP contribution in [0.25, 0.3) is 0 Å². The Kier molecular flexibility index (Phi) is 5.93. The van der Waals surface area contributed by atoms with Crippen LogP contribution in [0.2, 0.25) is 0 Å². The maximum atomic E-state index is 12.2. The zero-order valence-electron chi connectivity index (χ0n) is 14.1. The molecule has 0 aliphatic heterocycles. The Morgan fingerprint density at radius 1 is 0.960 bits per heavy atom. The Labute approximate surface area is 147 Å². The second-order valence-corrected chi connectivity index (χ2v) is 7.91. The van der Waals surface area contributed by atoms with Crippen LogP contribution in [0, 0.1) is 0 Å². The molecule has 0 aliphatic carbocycles. The van der Waals surface area contributed by atoms with Gasteiger partial charge in [-0.25, -0.2) is 8.42 Å². The molecule has 0 fully saturated rings. The van der Waals surface area contributed by atoms with Gasteiger partial charge in [-0.3, -0.25) is 9.59 Å². The highest BCUT2D eigenvalue weighted by molar-refractivity contribution is 7.91. The Balaban J connectivity index is 1.98. The largest absolute Gasteiger partial charge is 0.345 e. The molecule has 2 aromatic carbocycles. The van der Waals surface area contributed by atoms with Crippen LogP contribution in [0.5, 0.6) is 0 Å². The van der Waals surface area contributed by atoms with E-state index in [0.717, 1.165) is 0 Å². The van der Waals surface area contributed by atoms with Crippen molar-refractivity contribution >= 4 is 27.3 Å². The third-order valence-electron chi connectivity index (χ3n) is 3.40. The van der Waals surface area contributed by atoms with E-state index in [1.165, 1.54) is 4.90 Å². The van der Waals surface area contributed by atoms with E-state index in [1.807, 2.05) is 0 Å². The van der Waals surface area contributed by atoms with Crippen LogP contribution < -0.4 is 5.32 Å². The lowest BCUT2D eigenvalue weighted by Gasteiger charge is -2.10. The van der Waals surface area contributed by atoms with Crippen molar-refractivity contribution in [3.63, 3.8) is 0 Å². The molecule has 0 spiro atoms. The highest BCUT2D eigenvalue weighted by atomic mass is 32.2. The van der Waals surface area contributed by atoms with Crippen molar-refractivity contribution in [1.82, 2.24) is 4.90 Å². The van der Waals surface area contributed by atoms with Crippen LogP contribution in [0.4, 0.5) is 5.69 Å². The Hall–Kier alpha value is -2.67. The predicted octanol–water partition coefficient (Wildman–Crippen LogP) is 1.94. The summed E-state index contributed by atoms with van der Waals surface area (Å²) in [7, 11) is -0.321. The van der Waals surface area contributed by atoms with Crippen molar-refractivity contribution in [3.8, 4) is 0 Å². The number of rotatable bonds is 6. The second-order valence-electron chi connectivity index (χ2n) is 5.84. The van der Waals surface area contributed by atoms with Crippen molar-refractivity contribution in [3.05, 3.63) is 65.7 Å². The number of nitrogens with one attached hydrogen (secondary N) is 1. The normalized spacial score (nSPS) is 11.0. The van der Waals surface area contributed by atoms with Gasteiger partial charge < -0.3 is 10.2 Å². The maximum absolute atomic E-state index is 12.2. The molecule has 7 heteroatoms. The van der Waals surface area contributed by atoms with Gasteiger partial charge in [-0.2, -0.15) is 0 Å². The van der Waals surface area contributed by atoms with Crippen LogP contribution in [-0.2, 0) is 20.4 Å². The number of sulfone groups is 1. The molecule has 132 valence electrons. The third-order valence-corrected chi connectivity index (χ3v) is 4.88. The molecule has 6 nitrogen and oxygen atoms in total. The van der Waals surface area contributed by atoms with Crippen molar-refractivity contribution in [2.45, 2.75) is 5.75 Å². The van der Waals surface area contributed by atoms with Gasteiger partial charge in [-0.1, -0.05) is 30.3 Å². The van der Waals surface area contributed by atoms with E-state index in [0.29, 0.717) is 16.8 Å². The van der Waals surface area contributed by atoms with Gasteiger partial charge in [-0.15, -0.1) is 0 Å². The summed E-state index contributed by atoms with van der Waals surface area (Å²) in [6, 6.07) is 15.0. The summed E-state index contributed by atoms with van der Waals surface area (Å²) in [5.41, 5.74) is 1.56. The first-order valence-corrected chi connectivity index (χ1v) is 9.45. The summed E-state index contributed by atoms with van der Waals surface area (Å²) in [6.45, 7) is 0. The molecule has 0 saturated carbocycles. The fraction of sp³-hybridized carbons (Fsp3) is 0.222. The Morgan fingerprint density at radius 2 is 1.56 bits per heavy atom. The van der Waals surface area contributed by atoms with E-state index in [-0.39, 0.29) is 11.7 Å². The van der Waals surface area contributed by atoms with Gasteiger partial charge in [0.05, 0.1) is 5.75 Å². The Bertz CT molecular complexity index is 844. The molecule has 0 aliphatic rings. The minimum absolute atomic E-state index is 0.156. The number of hydrogen-bond acceptors (Lipinski definition) is 4. The molecule has 0 bridgehead atoms. The maximum Gasteiger partial charge on any atom is 0.253 e. The lowest BCUT2D eigenvalue weighted by Crippen LogP contribution is -2.24. The standard InChI is InChI=1S/C18H20N2O4S/c1-20(2)18(22)15-10-8-14(9-11-15)12-25(23,24)13-17(21)19-16-6-4-3-5-7-16/h3-11H,12-13H2,1-2H3,(H,19,21). The van der Waals surface area contributed by atoms with Crippen LogP contribution in [0.15, 0.2) is 54.6 Å². The molecule has 0 unspecified atom stereocenters. The number of amides is 2. The van der Waals surface area contributed by atoms with Gasteiger partial charge in [0.15, 0.2) is 9.84 Å². The van der Waals surface area contributed by atoms with Crippen molar-refractivity contribution in [2.75, 3.05) is 25.2 Å². The molecule has 2 rings (SSSR count). The lowest BCUT2D eigenvalue weighted by molar-refractivity contribution is -0.113. The van der Waals surface area contributed by atoms with Gasteiger partial charge in [0.1, 0.15) is 5.75 Å². The SMILES string of the molecule is CN(C)C(=O)c1ccc(CS(=O)(=O)CC(=O)Nc2ccccc2)cc1. The topological polar surface area (TPSA) is 83.6 Å². The van der Waals surface area contributed by atoms with Gasteiger partial charge in [-0.05, 0) is 29.8 Å². The third kappa shape index (κ3) is 5.72. The van der Waals surface area contributed by atoms with Crippen LogP contribution >= 0.6 is 0 Å². The number of nitrogens with zero attached hydrogens (tertiary/aromatic N) is 1. The number of hydrogen-bond donors (Lipinski definition) is 1. The first kappa shape index (κ1) is 18.7. The van der Waals surface area contributed by atoms with E-state index >= 15 is 0 Å². The van der Waals surface area contributed by atoms with Gasteiger partial charge >= 0.3 is 0 Å². The van der Waals surface area contributed by atoms with Crippen LogP contribution in [0.1, 0.15) is 15.9 Å². The van der Waals surface area contributed by atoms with Gasteiger partial charge in [0.2, 0.25) is 5.91 Å². The first-order chi connectivity index (χ1) is 11.8. The van der Waals surface area contributed by atoms with E-state index < -0.39 is 21.5 Å². The van der Waals surface area contributed by atoms with Crippen molar-refractivity contribution in [2.24, 2.45) is 0 Å². The number of benzene rings is 2. The van der Waals surface area contributed by atoms with Crippen LogP contribution in [-0.4, -0.2) is 45.0 Å². The van der Waals surface area contributed by atoms with E-state index in [1.54, 1.807) is 68.7 Å². The highest BCUT2D eigenvalue weighted by Gasteiger charge is 2.18. The summed E-state index contributed by atoms with van der Waals surface area (Å²) in [6.07, 6.45) is 0. The van der Waals surface area contributed by atoms with Gasteiger partial charge in [0, 0.05) is 25.3 Å². The molecule has 2 aromatic rings. The quantitative estimate of drug-likeness (QED) is 0.853.